The van der Waals surface area contributed by atoms with Gasteiger partial charge in [-0.1, -0.05) is 164 Å². The number of hydrogen-bond donors (Lipinski definition) is 0. The topological polar surface area (TPSA) is 29.6 Å². The third-order valence-corrected chi connectivity index (χ3v) is 14.0. The number of aliphatic imine (C=N–C) groups is 2. The first-order valence-electron chi connectivity index (χ1n) is 22.5. The molecule has 0 spiro atoms. The van der Waals surface area contributed by atoms with Crippen LogP contribution in [0.15, 0.2) is 198 Å². The molecule has 0 amide bonds. The third kappa shape index (κ3) is 6.17. The number of benzene rings is 9. The average molecular weight is 810 g/mol. The highest BCUT2D eigenvalue weighted by Gasteiger charge is 2.40. The zero-order valence-corrected chi connectivity index (χ0v) is 35.9. The molecule has 0 fully saturated rings. The SMILES string of the molecule is CCC1C2=Cc3c(c4ccccc4n3-c3cc(C(C)=NC(=NC(C)c4ccc5ccccc5c4)c4ccc5ccccc5c4)c4ccccc4c3)CC2c2c1ccc1ccccc21. The van der Waals surface area contributed by atoms with Crippen LogP contribution in [0.3, 0.4) is 0 Å². The van der Waals surface area contributed by atoms with Gasteiger partial charge >= 0.3 is 0 Å². The second-order valence-corrected chi connectivity index (χ2v) is 17.6. The van der Waals surface area contributed by atoms with Gasteiger partial charge in [0.1, 0.15) is 0 Å². The minimum atomic E-state index is -0.114. The van der Waals surface area contributed by atoms with Gasteiger partial charge in [-0.2, -0.15) is 0 Å². The summed E-state index contributed by atoms with van der Waals surface area (Å²) in [6.07, 6.45) is 4.65. The Morgan fingerprint density at radius 1 is 0.619 bits per heavy atom. The van der Waals surface area contributed by atoms with Crippen LogP contribution in [0.5, 0.6) is 0 Å². The van der Waals surface area contributed by atoms with Gasteiger partial charge in [0.15, 0.2) is 5.84 Å². The predicted octanol–water partition coefficient (Wildman–Crippen LogP) is 15.5. The van der Waals surface area contributed by atoms with Gasteiger partial charge in [0.2, 0.25) is 0 Å². The van der Waals surface area contributed by atoms with E-state index in [4.69, 9.17) is 9.98 Å². The quantitative estimate of drug-likeness (QED) is 0.118. The monoisotopic (exact) mass is 809 g/mol. The molecular weight excluding hydrogens is 763 g/mol. The van der Waals surface area contributed by atoms with E-state index in [1.165, 1.54) is 76.4 Å². The van der Waals surface area contributed by atoms with Gasteiger partial charge in [-0.25, -0.2) is 4.99 Å². The lowest BCUT2D eigenvalue weighted by atomic mass is 9.81. The van der Waals surface area contributed by atoms with Crippen molar-refractivity contribution >= 4 is 71.6 Å². The summed E-state index contributed by atoms with van der Waals surface area (Å²) in [4.78, 5) is 11.0. The molecule has 1 aromatic heterocycles. The van der Waals surface area contributed by atoms with E-state index in [1.54, 1.807) is 5.57 Å². The minimum Gasteiger partial charge on any atom is -0.310 e. The highest BCUT2D eigenvalue weighted by molar-refractivity contribution is 6.17. The molecule has 9 aromatic carbocycles. The Morgan fingerprint density at radius 3 is 2.03 bits per heavy atom. The van der Waals surface area contributed by atoms with Crippen molar-refractivity contribution in [2.45, 2.75) is 51.5 Å². The van der Waals surface area contributed by atoms with Gasteiger partial charge in [0.25, 0.3) is 0 Å². The zero-order chi connectivity index (χ0) is 42.2. The van der Waals surface area contributed by atoms with Gasteiger partial charge in [-0.15, -0.1) is 0 Å². The molecule has 0 bridgehead atoms. The Kier molecular flexibility index (Phi) is 8.86. The van der Waals surface area contributed by atoms with Gasteiger partial charge in [0.05, 0.1) is 17.3 Å². The molecular formula is C60H47N3. The molecule has 0 N–H and O–H groups in total. The van der Waals surface area contributed by atoms with Crippen LogP contribution in [0.25, 0.3) is 65.8 Å². The summed E-state index contributed by atoms with van der Waals surface area (Å²) >= 11 is 0. The van der Waals surface area contributed by atoms with Crippen molar-refractivity contribution in [3.8, 4) is 5.69 Å². The summed E-state index contributed by atoms with van der Waals surface area (Å²) in [7, 11) is 0. The van der Waals surface area contributed by atoms with Crippen molar-refractivity contribution in [3.05, 3.63) is 227 Å². The normalized spacial score (nSPS) is 16.7. The lowest BCUT2D eigenvalue weighted by Gasteiger charge is -2.24. The molecule has 0 saturated heterocycles. The fourth-order valence-electron chi connectivity index (χ4n) is 11.0. The second-order valence-electron chi connectivity index (χ2n) is 17.6. The summed E-state index contributed by atoms with van der Waals surface area (Å²) in [6, 6.07) is 66.5. The molecule has 3 atom stereocenters. The molecule has 2 aliphatic rings. The lowest BCUT2D eigenvalue weighted by Crippen LogP contribution is -2.11. The number of para-hydroxylation sites is 1. The third-order valence-electron chi connectivity index (χ3n) is 14.0. The van der Waals surface area contributed by atoms with Crippen molar-refractivity contribution in [2.24, 2.45) is 9.98 Å². The van der Waals surface area contributed by atoms with Crippen LogP contribution < -0.4 is 0 Å². The van der Waals surface area contributed by atoms with E-state index < -0.39 is 0 Å². The highest BCUT2D eigenvalue weighted by atomic mass is 15.0. The van der Waals surface area contributed by atoms with Gasteiger partial charge in [-0.05, 0) is 128 Å². The van der Waals surface area contributed by atoms with E-state index in [-0.39, 0.29) is 6.04 Å². The van der Waals surface area contributed by atoms with Crippen molar-refractivity contribution in [2.75, 3.05) is 0 Å². The first kappa shape index (κ1) is 37.4. The van der Waals surface area contributed by atoms with E-state index in [2.05, 4.69) is 213 Å². The van der Waals surface area contributed by atoms with E-state index in [1.807, 2.05) is 0 Å². The first-order valence-corrected chi connectivity index (χ1v) is 22.5. The summed E-state index contributed by atoms with van der Waals surface area (Å²) in [5, 5.41) is 11.2. The maximum absolute atomic E-state index is 5.53. The summed E-state index contributed by atoms with van der Waals surface area (Å²) < 4.78 is 2.53. The van der Waals surface area contributed by atoms with E-state index in [9.17, 15) is 0 Å². The van der Waals surface area contributed by atoms with Crippen LogP contribution >= 0.6 is 0 Å². The van der Waals surface area contributed by atoms with Gasteiger partial charge < -0.3 is 4.57 Å². The molecule has 0 radical (unpaired) electrons. The molecule has 2 aliphatic carbocycles. The number of allylic oxidation sites excluding steroid dienone is 1. The molecule has 10 aromatic rings. The molecule has 1 heterocycles. The predicted molar refractivity (Wildman–Crippen MR) is 267 cm³/mol. The smallest absolute Gasteiger partial charge is 0.155 e. The molecule has 12 rings (SSSR count). The minimum absolute atomic E-state index is 0.114. The Bertz CT molecular complexity index is 3580. The van der Waals surface area contributed by atoms with Crippen LogP contribution in [0.4, 0.5) is 0 Å². The first-order chi connectivity index (χ1) is 31.0. The lowest BCUT2D eigenvalue weighted by molar-refractivity contribution is 0.718. The van der Waals surface area contributed by atoms with Crippen molar-refractivity contribution in [1.29, 1.82) is 0 Å². The number of rotatable bonds is 6. The molecule has 63 heavy (non-hydrogen) atoms. The largest absolute Gasteiger partial charge is 0.310 e. The molecule has 3 unspecified atom stereocenters. The molecule has 3 heteroatoms. The number of fused-ring (bicyclic) bond motifs is 11. The Hall–Kier alpha value is -7.36. The van der Waals surface area contributed by atoms with Crippen LogP contribution in [0.2, 0.25) is 0 Å². The van der Waals surface area contributed by atoms with Crippen molar-refractivity contribution in [3.63, 3.8) is 0 Å². The fourth-order valence-corrected chi connectivity index (χ4v) is 11.0. The maximum Gasteiger partial charge on any atom is 0.155 e. The van der Waals surface area contributed by atoms with E-state index >= 15 is 0 Å². The summed E-state index contributed by atoms with van der Waals surface area (Å²) in [6.45, 7) is 6.69. The number of nitrogens with zero attached hydrogens (tertiary/aromatic N) is 3. The van der Waals surface area contributed by atoms with Crippen molar-refractivity contribution in [1.82, 2.24) is 4.57 Å². The maximum atomic E-state index is 5.53. The van der Waals surface area contributed by atoms with Crippen LogP contribution in [0.1, 0.15) is 84.1 Å². The fraction of sp³-hybridized carbons (Fsp3) is 0.133. The van der Waals surface area contributed by atoms with Crippen molar-refractivity contribution < 1.29 is 0 Å². The average Bonchev–Trinajstić information content (AvgIpc) is 3.83. The molecule has 302 valence electrons. The van der Waals surface area contributed by atoms with Crippen LogP contribution in [-0.4, -0.2) is 16.1 Å². The number of amidine groups is 1. The summed E-state index contributed by atoms with van der Waals surface area (Å²) in [5.41, 5.74) is 13.9. The number of hydrogen-bond acceptors (Lipinski definition) is 1. The van der Waals surface area contributed by atoms with E-state index in [0.717, 1.165) is 46.8 Å². The van der Waals surface area contributed by atoms with E-state index in [0.29, 0.717) is 11.8 Å². The highest BCUT2D eigenvalue weighted by Crippen LogP contribution is 2.55. The van der Waals surface area contributed by atoms with Crippen LogP contribution in [0, 0.1) is 0 Å². The van der Waals surface area contributed by atoms with Gasteiger partial charge in [0, 0.05) is 39.7 Å². The Balaban J connectivity index is 1.03. The second kappa shape index (κ2) is 14.9. The summed E-state index contributed by atoms with van der Waals surface area (Å²) in [5.74, 6) is 1.50. The number of aromatic nitrogens is 1. The Labute approximate surface area is 368 Å². The molecule has 3 nitrogen and oxygen atoms in total. The molecule has 0 aliphatic heterocycles. The zero-order valence-electron chi connectivity index (χ0n) is 35.9. The molecule has 0 saturated carbocycles. The van der Waals surface area contributed by atoms with Crippen LogP contribution in [-0.2, 0) is 6.42 Å². The standard InChI is InChI=1S/C60H47N3/c1-4-48-52-30-29-41-17-9-12-22-50(41)59(52)56-35-55-51-23-13-14-24-57(51)63(58(55)36-54(48)56)47-33-45-20-10-11-21-49(45)53(34-47)38(3)62-60(46-28-26-40-16-6-8-19-44(40)32-46)61-37(2)42-27-25-39-15-5-7-18-43(39)31-42/h5-34,36-37,48,56H,4,35H2,1-3H3. The Morgan fingerprint density at radius 2 is 1.25 bits per heavy atom. The van der Waals surface area contributed by atoms with Gasteiger partial charge in [-0.3, -0.25) is 4.99 Å².